The number of imide groups is 1. The van der Waals surface area contributed by atoms with Crippen LogP contribution in [0.1, 0.15) is 50.4 Å². The highest BCUT2D eigenvalue weighted by molar-refractivity contribution is 8.00. The van der Waals surface area contributed by atoms with Gasteiger partial charge in [0.2, 0.25) is 5.91 Å². The average molecular weight is 321 g/mol. The molecule has 1 N–H and O–H groups in total. The zero-order chi connectivity index (χ0) is 15.3. The molecule has 118 valence electrons. The molecule has 0 unspecified atom stereocenters. The molecule has 22 heavy (non-hydrogen) atoms. The summed E-state index contributed by atoms with van der Waals surface area (Å²) in [6.45, 7) is 2.82. The second kappa shape index (κ2) is 5.26. The number of urea groups is 1. The van der Waals surface area contributed by atoms with E-state index >= 15 is 0 Å². The summed E-state index contributed by atoms with van der Waals surface area (Å²) in [6.07, 6.45) is 4.72. The lowest BCUT2D eigenvalue weighted by Gasteiger charge is -2.17. The van der Waals surface area contributed by atoms with Crippen LogP contribution < -0.4 is 5.32 Å². The third-order valence-corrected chi connectivity index (χ3v) is 5.34. The van der Waals surface area contributed by atoms with Gasteiger partial charge in [-0.2, -0.15) is 0 Å². The van der Waals surface area contributed by atoms with Crippen molar-refractivity contribution in [3.63, 3.8) is 0 Å². The molecule has 0 aromatic carbocycles. The molecule has 0 spiro atoms. The molecule has 4 rings (SSSR count). The number of thioether (sulfide) groups is 1. The second-order valence-corrected chi connectivity index (χ2v) is 7.51. The number of rotatable bonds is 5. The van der Waals surface area contributed by atoms with Crippen LogP contribution in [0.4, 0.5) is 4.79 Å². The molecular formula is C14H19N5O2S. The number of hydrogen-bond donors (Lipinski definition) is 1. The van der Waals surface area contributed by atoms with Crippen LogP contribution in [0.5, 0.6) is 0 Å². The molecule has 3 fully saturated rings. The lowest BCUT2D eigenvalue weighted by molar-refractivity contribution is -0.126. The average Bonchev–Trinajstić information content (AvgIpc) is 3.43. The van der Waals surface area contributed by atoms with Crippen molar-refractivity contribution in [1.29, 1.82) is 0 Å². The van der Waals surface area contributed by atoms with Gasteiger partial charge in [-0.25, -0.2) is 4.79 Å². The Bertz CT molecular complexity index is 623. The normalized spacial score (nSPS) is 22.8. The van der Waals surface area contributed by atoms with E-state index in [9.17, 15) is 9.59 Å². The first-order valence-corrected chi connectivity index (χ1v) is 8.74. The summed E-state index contributed by atoms with van der Waals surface area (Å²) in [5, 5.41) is 11.8. The molecule has 0 radical (unpaired) electrons. The van der Waals surface area contributed by atoms with E-state index in [2.05, 4.69) is 20.1 Å². The lowest BCUT2D eigenvalue weighted by Crippen LogP contribution is -2.39. The maximum absolute atomic E-state index is 12.4. The van der Waals surface area contributed by atoms with Crippen molar-refractivity contribution >= 4 is 23.7 Å². The van der Waals surface area contributed by atoms with E-state index in [0.29, 0.717) is 25.0 Å². The maximum atomic E-state index is 12.4. The van der Waals surface area contributed by atoms with Crippen molar-refractivity contribution in [3.05, 3.63) is 5.82 Å². The summed E-state index contributed by atoms with van der Waals surface area (Å²) in [5.74, 6) is 1.49. The van der Waals surface area contributed by atoms with Gasteiger partial charge in [0.15, 0.2) is 5.16 Å². The molecule has 8 heteroatoms. The molecule has 2 saturated carbocycles. The number of carbonyl (C=O) groups excluding carboxylic acids is 2. The molecule has 0 bridgehead atoms. The zero-order valence-electron chi connectivity index (χ0n) is 12.5. The molecule has 3 aliphatic rings. The van der Waals surface area contributed by atoms with Gasteiger partial charge < -0.3 is 9.88 Å². The van der Waals surface area contributed by atoms with Crippen LogP contribution in [0.25, 0.3) is 0 Å². The van der Waals surface area contributed by atoms with E-state index in [-0.39, 0.29) is 17.2 Å². The molecule has 1 aromatic rings. The fraction of sp³-hybridized carbons (Fsp3) is 0.714. The topological polar surface area (TPSA) is 80.1 Å². The predicted molar refractivity (Wildman–Crippen MR) is 80.7 cm³/mol. The van der Waals surface area contributed by atoms with E-state index in [0.717, 1.165) is 11.0 Å². The quantitative estimate of drug-likeness (QED) is 0.832. The molecule has 1 aliphatic heterocycles. The Morgan fingerprint density at radius 1 is 1.32 bits per heavy atom. The molecular weight excluding hydrogens is 302 g/mol. The molecule has 1 aromatic heterocycles. The van der Waals surface area contributed by atoms with E-state index in [1.165, 1.54) is 42.3 Å². The highest BCUT2D eigenvalue weighted by atomic mass is 32.2. The molecule has 2 aliphatic carbocycles. The number of nitrogens with zero attached hydrogens (tertiary/aromatic N) is 4. The fourth-order valence-electron chi connectivity index (χ4n) is 2.77. The lowest BCUT2D eigenvalue weighted by atomic mass is 10.4. The van der Waals surface area contributed by atoms with Crippen LogP contribution in [0.2, 0.25) is 0 Å². The molecule has 1 saturated heterocycles. The van der Waals surface area contributed by atoms with Gasteiger partial charge >= 0.3 is 6.03 Å². The third kappa shape index (κ3) is 2.49. The first kappa shape index (κ1) is 14.0. The number of nitrogens with one attached hydrogen (secondary N) is 1. The third-order valence-electron chi connectivity index (χ3n) is 4.30. The Hall–Kier alpha value is -1.57. The Balaban J connectivity index is 1.50. The Labute approximate surface area is 132 Å². The SMILES string of the molecule is C[C@H](Sc1nnc(C2CC2)n1C1CC1)C(=O)N1CCNC1=O. The number of hydrogen-bond acceptors (Lipinski definition) is 5. The summed E-state index contributed by atoms with van der Waals surface area (Å²) in [7, 11) is 0. The first-order valence-electron chi connectivity index (χ1n) is 7.86. The Morgan fingerprint density at radius 2 is 2.09 bits per heavy atom. The highest BCUT2D eigenvalue weighted by Crippen LogP contribution is 2.46. The van der Waals surface area contributed by atoms with Crippen molar-refractivity contribution in [3.8, 4) is 0 Å². The number of amides is 3. The zero-order valence-corrected chi connectivity index (χ0v) is 13.3. The Morgan fingerprint density at radius 3 is 2.68 bits per heavy atom. The van der Waals surface area contributed by atoms with Crippen LogP contribution in [0.15, 0.2) is 5.16 Å². The van der Waals surface area contributed by atoms with Gasteiger partial charge in [0.25, 0.3) is 0 Å². The number of aromatic nitrogens is 3. The van der Waals surface area contributed by atoms with Gasteiger partial charge in [0.1, 0.15) is 5.82 Å². The van der Waals surface area contributed by atoms with E-state index in [1.54, 1.807) is 0 Å². The van der Waals surface area contributed by atoms with Gasteiger partial charge in [-0.15, -0.1) is 10.2 Å². The fourth-order valence-corrected chi connectivity index (χ4v) is 3.76. The van der Waals surface area contributed by atoms with Gasteiger partial charge in [0, 0.05) is 25.0 Å². The monoisotopic (exact) mass is 321 g/mol. The largest absolute Gasteiger partial charge is 0.336 e. The van der Waals surface area contributed by atoms with Crippen LogP contribution in [-0.4, -0.2) is 49.9 Å². The van der Waals surface area contributed by atoms with Gasteiger partial charge in [0.05, 0.1) is 5.25 Å². The summed E-state index contributed by atoms with van der Waals surface area (Å²) in [4.78, 5) is 25.3. The van der Waals surface area contributed by atoms with Crippen molar-refractivity contribution in [2.75, 3.05) is 13.1 Å². The van der Waals surface area contributed by atoms with Crippen LogP contribution >= 0.6 is 11.8 Å². The van der Waals surface area contributed by atoms with E-state index in [4.69, 9.17) is 0 Å². The minimum Gasteiger partial charge on any atom is -0.336 e. The standard InChI is InChI=1S/C14H19N5O2S/c1-8(12(20)18-7-6-15-13(18)21)22-14-17-16-11(9-2-3-9)19(14)10-4-5-10/h8-10H,2-7H2,1H3,(H,15,21)/t8-/m0/s1. The van der Waals surface area contributed by atoms with Crippen LogP contribution in [0.3, 0.4) is 0 Å². The van der Waals surface area contributed by atoms with E-state index < -0.39 is 0 Å². The maximum Gasteiger partial charge on any atom is 0.324 e. The predicted octanol–water partition coefficient (Wildman–Crippen LogP) is 1.52. The summed E-state index contributed by atoms with van der Waals surface area (Å²) in [6, 6.07) is 0.213. The smallest absolute Gasteiger partial charge is 0.324 e. The van der Waals surface area contributed by atoms with Crippen LogP contribution in [-0.2, 0) is 4.79 Å². The second-order valence-electron chi connectivity index (χ2n) is 6.20. The van der Waals surface area contributed by atoms with Gasteiger partial charge in [-0.05, 0) is 32.6 Å². The Kier molecular flexibility index (Phi) is 3.36. The first-order chi connectivity index (χ1) is 10.6. The van der Waals surface area contributed by atoms with Crippen molar-refractivity contribution in [2.24, 2.45) is 0 Å². The van der Waals surface area contributed by atoms with E-state index in [1.807, 2.05) is 6.92 Å². The highest BCUT2D eigenvalue weighted by Gasteiger charge is 2.38. The number of carbonyl (C=O) groups is 2. The minimum atomic E-state index is -0.336. The molecule has 2 heterocycles. The summed E-state index contributed by atoms with van der Waals surface area (Å²) >= 11 is 1.42. The summed E-state index contributed by atoms with van der Waals surface area (Å²) < 4.78 is 2.23. The van der Waals surface area contributed by atoms with Gasteiger partial charge in [-0.3, -0.25) is 9.69 Å². The molecule has 3 amide bonds. The van der Waals surface area contributed by atoms with Crippen LogP contribution in [0, 0.1) is 0 Å². The van der Waals surface area contributed by atoms with Crippen molar-refractivity contribution in [2.45, 2.75) is 55.0 Å². The van der Waals surface area contributed by atoms with Crippen molar-refractivity contribution in [1.82, 2.24) is 25.0 Å². The van der Waals surface area contributed by atoms with Gasteiger partial charge in [-0.1, -0.05) is 11.8 Å². The minimum absolute atomic E-state index is 0.154. The molecule has 7 nitrogen and oxygen atoms in total. The van der Waals surface area contributed by atoms with Crippen molar-refractivity contribution < 1.29 is 9.59 Å². The summed E-state index contributed by atoms with van der Waals surface area (Å²) in [5.41, 5.74) is 0. The molecule has 1 atom stereocenters.